The topological polar surface area (TPSA) is 47.9 Å². The predicted molar refractivity (Wildman–Crippen MR) is 94.9 cm³/mol. The van der Waals surface area contributed by atoms with E-state index in [1.165, 1.54) is 5.56 Å². The van der Waals surface area contributed by atoms with Crippen LogP contribution in [0.2, 0.25) is 0 Å². The van der Waals surface area contributed by atoms with Gasteiger partial charge in [-0.1, -0.05) is 24.3 Å². The van der Waals surface area contributed by atoms with Gasteiger partial charge in [0.1, 0.15) is 18.0 Å². The summed E-state index contributed by atoms with van der Waals surface area (Å²) in [7, 11) is 3.15. The van der Waals surface area contributed by atoms with Crippen molar-refractivity contribution >= 4 is 0 Å². The zero-order chi connectivity index (χ0) is 17.5. The molecule has 0 aliphatic heterocycles. The van der Waals surface area contributed by atoms with E-state index >= 15 is 0 Å². The number of methoxy groups -OCH3 is 2. The summed E-state index contributed by atoms with van der Waals surface area (Å²) < 4.78 is 16.3. The molecule has 2 unspecified atom stereocenters. The van der Waals surface area contributed by atoms with Gasteiger partial charge in [-0.05, 0) is 48.7 Å². The maximum Gasteiger partial charge on any atom is 0.161 e. The highest BCUT2D eigenvalue weighted by Gasteiger charge is 2.20. The van der Waals surface area contributed by atoms with E-state index in [-0.39, 0.29) is 0 Å². The van der Waals surface area contributed by atoms with E-state index in [1.807, 2.05) is 37.3 Å². The number of aliphatic hydroxyl groups is 1. The molecule has 128 valence electrons. The summed E-state index contributed by atoms with van der Waals surface area (Å²) in [5.74, 6) is 1.92. The van der Waals surface area contributed by atoms with Crippen LogP contribution in [-0.2, 0) is 6.42 Å². The first-order valence-electron chi connectivity index (χ1n) is 7.85. The van der Waals surface area contributed by atoms with Crippen molar-refractivity contribution in [3.63, 3.8) is 0 Å². The van der Waals surface area contributed by atoms with Crippen molar-refractivity contribution in [1.82, 2.24) is 0 Å². The predicted octanol–water partition coefficient (Wildman–Crippen LogP) is 3.93. The molecule has 0 fully saturated rings. The van der Waals surface area contributed by atoms with E-state index < -0.39 is 12.2 Å². The third-order valence-electron chi connectivity index (χ3n) is 3.82. The Morgan fingerprint density at radius 2 is 1.71 bits per heavy atom. The van der Waals surface area contributed by atoms with Gasteiger partial charge in [0.15, 0.2) is 11.5 Å². The molecule has 0 bridgehead atoms. The second kappa shape index (κ2) is 8.41. The Bertz CT molecular complexity index is 664. The lowest BCUT2D eigenvalue weighted by atomic mass is 10.0. The van der Waals surface area contributed by atoms with Crippen molar-refractivity contribution in [2.24, 2.45) is 0 Å². The van der Waals surface area contributed by atoms with Crippen LogP contribution in [0.3, 0.4) is 0 Å². The lowest BCUT2D eigenvalue weighted by molar-refractivity contribution is 0.0466. The molecule has 0 saturated heterocycles. The van der Waals surface area contributed by atoms with E-state index in [2.05, 4.69) is 6.58 Å². The quantitative estimate of drug-likeness (QED) is 0.746. The fourth-order valence-corrected chi connectivity index (χ4v) is 2.46. The van der Waals surface area contributed by atoms with Gasteiger partial charge < -0.3 is 19.3 Å². The Balaban J connectivity index is 2.08. The van der Waals surface area contributed by atoms with E-state index in [0.29, 0.717) is 17.1 Å². The van der Waals surface area contributed by atoms with Crippen LogP contribution < -0.4 is 14.2 Å². The van der Waals surface area contributed by atoms with Crippen molar-refractivity contribution in [1.29, 1.82) is 0 Å². The maximum absolute atomic E-state index is 10.5. The number of aliphatic hydroxyl groups excluding tert-OH is 1. The molecule has 0 spiro atoms. The van der Waals surface area contributed by atoms with Crippen LogP contribution in [0.1, 0.15) is 24.2 Å². The minimum absolute atomic E-state index is 0.409. The molecule has 2 aromatic rings. The third kappa shape index (κ3) is 4.30. The largest absolute Gasteiger partial charge is 0.493 e. The first kappa shape index (κ1) is 17.9. The zero-order valence-electron chi connectivity index (χ0n) is 14.4. The first-order valence-corrected chi connectivity index (χ1v) is 7.85. The fourth-order valence-electron chi connectivity index (χ4n) is 2.46. The lowest BCUT2D eigenvalue weighted by Gasteiger charge is -2.22. The molecule has 0 radical (unpaired) electrons. The van der Waals surface area contributed by atoms with Gasteiger partial charge in [-0.15, -0.1) is 6.58 Å². The highest BCUT2D eigenvalue weighted by molar-refractivity contribution is 5.43. The molecule has 0 aromatic heterocycles. The molecule has 2 aromatic carbocycles. The van der Waals surface area contributed by atoms with E-state index in [0.717, 1.165) is 12.2 Å². The van der Waals surface area contributed by atoms with Crippen molar-refractivity contribution in [3.05, 3.63) is 66.2 Å². The minimum atomic E-state index is -0.780. The average molecular weight is 328 g/mol. The summed E-state index contributed by atoms with van der Waals surface area (Å²) in [6.07, 6.45) is 1.50. The van der Waals surface area contributed by atoms with Crippen LogP contribution in [0.15, 0.2) is 55.1 Å². The zero-order valence-corrected chi connectivity index (χ0v) is 14.4. The molecule has 4 nitrogen and oxygen atoms in total. The van der Waals surface area contributed by atoms with E-state index in [4.69, 9.17) is 14.2 Å². The summed E-state index contributed by atoms with van der Waals surface area (Å²) in [6, 6.07) is 13.1. The van der Waals surface area contributed by atoms with Crippen molar-refractivity contribution in [2.75, 3.05) is 14.2 Å². The summed E-state index contributed by atoms with van der Waals surface area (Å²) in [5.41, 5.74) is 1.88. The summed E-state index contributed by atoms with van der Waals surface area (Å²) in [6.45, 7) is 5.56. The molecule has 0 aliphatic carbocycles. The Labute approximate surface area is 143 Å². The van der Waals surface area contributed by atoms with Crippen LogP contribution in [0.4, 0.5) is 0 Å². The Morgan fingerprint density at radius 1 is 1.04 bits per heavy atom. The van der Waals surface area contributed by atoms with Gasteiger partial charge in [0.05, 0.1) is 14.2 Å². The minimum Gasteiger partial charge on any atom is -0.493 e. The number of rotatable bonds is 8. The van der Waals surface area contributed by atoms with Crippen molar-refractivity contribution < 1.29 is 19.3 Å². The highest BCUT2D eigenvalue weighted by atomic mass is 16.5. The Hall–Kier alpha value is -2.46. The third-order valence-corrected chi connectivity index (χ3v) is 3.82. The van der Waals surface area contributed by atoms with Gasteiger partial charge in [-0.3, -0.25) is 0 Å². The standard InChI is InChI=1S/C20H24O4/c1-5-6-15-7-10-17(11-8-15)24-14(2)20(21)16-9-12-18(22-3)19(13-16)23-4/h5,7-14,20-21H,1,6H2,2-4H3. The van der Waals surface area contributed by atoms with Gasteiger partial charge in [-0.2, -0.15) is 0 Å². The molecule has 1 N–H and O–H groups in total. The number of hydrogen-bond donors (Lipinski definition) is 1. The monoisotopic (exact) mass is 328 g/mol. The van der Waals surface area contributed by atoms with E-state index in [9.17, 15) is 5.11 Å². The summed E-state index contributed by atoms with van der Waals surface area (Å²) >= 11 is 0. The van der Waals surface area contributed by atoms with Gasteiger partial charge >= 0.3 is 0 Å². The Morgan fingerprint density at radius 3 is 2.29 bits per heavy atom. The van der Waals surface area contributed by atoms with Crippen LogP contribution in [0, 0.1) is 0 Å². The SMILES string of the molecule is C=CCc1ccc(OC(C)C(O)c2ccc(OC)c(OC)c2)cc1. The second-order valence-electron chi connectivity index (χ2n) is 5.52. The number of benzene rings is 2. The molecule has 0 amide bonds. The van der Waals surface area contributed by atoms with Crippen LogP contribution >= 0.6 is 0 Å². The van der Waals surface area contributed by atoms with Crippen LogP contribution in [0.25, 0.3) is 0 Å². The molecular weight excluding hydrogens is 304 g/mol. The summed E-state index contributed by atoms with van der Waals surface area (Å²) in [4.78, 5) is 0. The molecule has 0 heterocycles. The molecule has 0 saturated carbocycles. The first-order chi connectivity index (χ1) is 11.6. The smallest absolute Gasteiger partial charge is 0.161 e. The number of hydrogen-bond acceptors (Lipinski definition) is 4. The van der Waals surface area contributed by atoms with Gasteiger partial charge in [0.2, 0.25) is 0 Å². The fraction of sp³-hybridized carbons (Fsp3) is 0.300. The van der Waals surface area contributed by atoms with Gasteiger partial charge in [0.25, 0.3) is 0 Å². The van der Waals surface area contributed by atoms with E-state index in [1.54, 1.807) is 32.4 Å². The second-order valence-corrected chi connectivity index (χ2v) is 5.52. The van der Waals surface area contributed by atoms with Crippen molar-refractivity contribution in [3.8, 4) is 17.2 Å². The highest BCUT2D eigenvalue weighted by Crippen LogP contribution is 2.31. The molecule has 2 atom stereocenters. The number of ether oxygens (including phenoxy) is 3. The van der Waals surface area contributed by atoms with Crippen LogP contribution in [0.5, 0.6) is 17.2 Å². The maximum atomic E-state index is 10.5. The average Bonchev–Trinajstić information content (AvgIpc) is 2.62. The van der Waals surface area contributed by atoms with Gasteiger partial charge in [0, 0.05) is 0 Å². The number of allylic oxidation sites excluding steroid dienone is 1. The lowest BCUT2D eigenvalue weighted by Crippen LogP contribution is -2.21. The molecule has 2 rings (SSSR count). The van der Waals surface area contributed by atoms with Crippen LogP contribution in [-0.4, -0.2) is 25.4 Å². The van der Waals surface area contributed by atoms with Crippen molar-refractivity contribution in [2.45, 2.75) is 25.6 Å². The molecule has 4 heteroatoms. The summed E-state index contributed by atoms with van der Waals surface area (Å²) in [5, 5.41) is 10.5. The molecule has 0 aliphatic rings. The normalized spacial score (nSPS) is 13.0. The van der Waals surface area contributed by atoms with Gasteiger partial charge in [-0.25, -0.2) is 0 Å². The molecule has 24 heavy (non-hydrogen) atoms. The Kier molecular flexibility index (Phi) is 6.27. The molecular formula is C20H24O4.